The minimum atomic E-state index is -0.595. The third-order valence-electron chi connectivity index (χ3n) is 7.22. The summed E-state index contributed by atoms with van der Waals surface area (Å²) in [7, 11) is 0. The summed E-state index contributed by atoms with van der Waals surface area (Å²) in [5, 5.41) is 21.2. The number of hydrogen-bond acceptors (Lipinski definition) is 6. The Labute approximate surface area is 213 Å². The van der Waals surface area contributed by atoms with Gasteiger partial charge in [-0.1, -0.05) is 36.4 Å². The van der Waals surface area contributed by atoms with Crippen LogP contribution in [0.2, 0.25) is 0 Å². The van der Waals surface area contributed by atoms with Gasteiger partial charge in [0.05, 0.1) is 0 Å². The van der Waals surface area contributed by atoms with E-state index in [1.165, 1.54) is 22.5 Å². The first kappa shape index (κ1) is 24.5. The van der Waals surface area contributed by atoms with Gasteiger partial charge in [-0.3, -0.25) is 0 Å². The predicted molar refractivity (Wildman–Crippen MR) is 143 cm³/mol. The van der Waals surface area contributed by atoms with Crippen molar-refractivity contribution >= 4 is 11.4 Å². The van der Waals surface area contributed by atoms with Crippen molar-refractivity contribution in [3.63, 3.8) is 0 Å². The van der Waals surface area contributed by atoms with Crippen LogP contribution in [0.5, 0.6) is 11.5 Å². The van der Waals surface area contributed by atoms with Gasteiger partial charge >= 0.3 is 0 Å². The van der Waals surface area contributed by atoms with Crippen LogP contribution in [-0.2, 0) is 12.8 Å². The average molecular weight is 489 g/mol. The Hall–Kier alpha value is -3.22. The number of ether oxygens (including phenoxy) is 2. The molecule has 3 aromatic rings. The maximum absolute atomic E-state index is 10.6. The second kappa shape index (κ2) is 10.8. The van der Waals surface area contributed by atoms with Crippen LogP contribution in [0.25, 0.3) is 0 Å². The molecule has 0 fully saturated rings. The van der Waals surface area contributed by atoms with E-state index in [1.807, 2.05) is 36.4 Å². The molecule has 0 aliphatic carbocycles. The summed E-state index contributed by atoms with van der Waals surface area (Å²) in [5.41, 5.74) is 5.07. The molecule has 3 aromatic carbocycles. The van der Waals surface area contributed by atoms with Crippen LogP contribution in [-0.4, -0.2) is 60.8 Å². The second-order valence-electron chi connectivity index (χ2n) is 10.1. The zero-order valence-electron chi connectivity index (χ0n) is 21.1. The molecule has 0 bridgehead atoms. The number of anilines is 2. The average Bonchev–Trinajstić information content (AvgIpc) is 3.37. The van der Waals surface area contributed by atoms with Gasteiger partial charge in [0.2, 0.25) is 0 Å². The van der Waals surface area contributed by atoms with Crippen molar-refractivity contribution in [2.75, 3.05) is 36.1 Å². The van der Waals surface area contributed by atoms with Crippen LogP contribution >= 0.6 is 0 Å². The molecule has 6 heteroatoms. The fourth-order valence-corrected chi connectivity index (χ4v) is 5.39. The van der Waals surface area contributed by atoms with Crippen LogP contribution in [0.3, 0.4) is 0 Å². The largest absolute Gasteiger partial charge is 0.491 e. The summed E-state index contributed by atoms with van der Waals surface area (Å²) < 4.78 is 11.7. The maximum atomic E-state index is 10.6. The van der Waals surface area contributed by atoms with Gasteiger partial charge in [-0.25, -0.2) is 0 Å². The Bertz CT molecular complexity index is 1060. The minimum absolute atomic E-state index is 0.222. The summed E-state index contributed by atoms with van der Waals surface area (Å²) >= 11 is 0. The fourth-order valence-electron chi connectivity index (χ4n) is 5.39. The van der Waals surface area contributed by atoms with Gasteiger partial charge in [-0.15, -0.1) is 0 Å². The van der Waals surface area contributed by atoms with Gasteiger partial charge in [-0.2, -0.15) is 0 Å². The summed E-state index contributed by atoms with van der Waals surface area (Å²) in [5.74, 6) is 1.36. The van der Waals surface area contributed by atoms with Crippen LogP contribution < -0.4 is 19.3 Å². The van der Waals surface area contributed by atoms with Crippen LogP contribution in [0.4, 0.5) is 11.4 Å². The van der Waals surface area contributed by atoms with Gasteiger partial charge in [0, 0.05) is 36.5 Å². The highest BCUT2D eigenvalue weighted by atomic mass is 16.5. The quantitative estimate of drug-likeness (QED) is 0.449. The van der Waals surface area contributed by atoms with E-state index in [0.29, 0.717) is 36.7 Å². The maximum Gasteiger partial charge on any atom is 0.119 e. The lowest BCUT2D eigenvalue weighted by molar-refractivity contribution is 0.109. The first-order valence-electron chi connectivity index (χ1n) is 12.9. The Kier molecular flexibility index (Phi) is 7.35. The van der Waals surface area contributed by atoms with Crippen molar-refractivity contribution in [2.24, 2.45) is 0 Å². The monoisotopic (exact) mass is 488 g/mol. The van der Waals surface area contributed by atoms with Crippen molar-refractivity contribution in [3.05, 3.63) is 83.9 Å². The number of para-hydroxylation sites is 2. The third-order valence-corrected chi connectivity index (χ3v) is 7.22. The number of aliphatic hydroxyl groups is 2. The topological polar surface area (TPSA) is 65.4 Å². The lowest BCUT2D eigenvalue weighted by Crippen LogP contribution is -2.39. The first-order valence-corrected chi connectivity index (χ1v) is 12.9. The molecule has 5 rings (SSSR count). The SMILES string of the molecule is CC1Cc2ccccc2N1CC(O)COc1ccc(OCC(O)CN2c3ccccc3CC2C)cc1. The number of rotatable bonds is 10. The zero-order chi connectivity index (χ0) is 25.1. The number of benzene rings is 3. The number of β-amino-alcohol motifs (C(OH)–C–C–N with tert-alkyl or cyclic N) is 2. The molecule has 6 nitrogen and oxygen atoms in total. The molecular formula is C30H36N2O4. The second-order valence-corrected chi connectivity index (χ2v) is 10.1. The summed E-state index contributed by atoms with van der Waals surface area (Å²) in [6.07, 6.45) is 0.819. The van der Waals surface area contributed by atoms with Gasteiger partial charge < -0.3 is 29.5 Å². The molecule has 4 atom stereocenters. The highest BCUT2D eigenvalue weighted by Crippen LogP contribution is 2.33. The molecule has 2 heterocycles. The van der Waals surface area contributed by atoms with Crippen molar-refractivity contribution in [1.82, 2.24) is 0 Å². The van der Waals surface area contributed by atoms with Crippen molar-refractivity contribution in [2.45, 2.75) is 51.0 Å². The van der Waals surface area contributed by atoms with Crippen molar-refractivity contribution in [3.8, 4) is 11.5 Å². The molecule has 0 amide bonds. The summed E-state index contributed by atoms with van der Waals surface area (Å²) in [6, 6.07) is 24.8. The molecule has 0 saturated heterocycles. The fraction of sp³-hybridized carbons (Fsp3) is 0.400. The summed E-state index contributed by atoms with van der Waals surface area (Å²) in [4.78, 5) is 4.51. The molecule has 2 aliphatic heterocycles. The van der Waals surface area contributed by atoms with Crippen molar-refractivity contribution in [1.29, 1.82) is 0 Å². The number of nitrogens with zero attached hydrogens (tertiary/aromatic N) is 2. The van der Waals surface area contributed by atoms with Crippen molar-refractivity contribution < 1.29 is 19.7 Å². The number of aliphatic hydroxyl groups excluding tert-OH is 2. The Balaban J connectivity index is 1.06. The molecule has 0 radical (unpaired) electrons. The Morgan fingerprint density at radius 3 is 1.47 bits per heavy atom. The minimum Gasteiger partial charge on any atom is -0.491 e. The van der Waals surface area contributed by atoms with Crippen LogP contribution in [0, 0.1) is 0 Å². The molecular weight excluding hydrogens is 452 g/mol. The Morgan fingerprint density at radius 1 is 0.667 bits per heavy atom. The van der Waals surface area contributed by atoms with E-state index in [2.05, 4.69) is 60.0 Å². The van der Waals surface area contributed by atoms with Gasteiger partial charge in [0.25, 0.3) is 0 Å². The smallest absolute Gasteiger partial charge is 0.119 e. The van der Waals surface area contributed by atoms with Gasteiger partial charge in [0.1, 0.15) is 36.9 Å². The van der Waals surface area contributed by atoms with Gasteiger partial charge in [-0.05, 0) is 74.2 Å². The highest BCUT2D eigenvalue weighted by Gasteiger charge is 2.28. The molecule has 4 unspecified atom stereocenters. The third kappa shape index (κ3) is 5.45. The molecule has 2 aliphatic rings. The Morgan fingerprint density at radius 2 is 1.06 bits per heavy atom. The number of fused-ring (bicyclic) bond motifs is 2. The molecule has 0 aromatic heterocycles. The van der Waals surface area contributed by atoms with E-state index in [9.17, 15) is 10.2 Å². The lowest BCUT2D eigenvalue weighted by Gasteiger charge is -2.27. The molecule has 36 heavy (non-hydrogen) atoms. The highest BCUT2D eigenvalue weighted by molar-refractivity contribution is 5.60. The standard InChI is InChI=1S/C30H36N2O4/c1-21-15-23-7-3-5-9-29(23)31(21)17-25(33)19-35-27-11-13-28(14-12-27)36-20-26(34)18-32-22(2)16-24-8-4-6-10-30(24)32/h3-14,21-22,25-26,33-34H,15-20H2,1-2H3. The normalized spacial score (nSPS) is 20.1. The van der Waals surface area contributed by atoms with Crippen LogP contribution in [0.1, 0.15) is 25.0 Å². The predicted octanol–water partition coefficient (Wildman–Crippen LogP) is 4.07. The van der Waals surface area contributed by atoms with E-state index in [1.54, 1.807) is 0 Å². The number of hydrogen-bond donors (Lipinski definition) is 2. The lowest BCUT2D eigenvalue weighted by atomic mass is 10.1. The van der Waals surface area contributed by atoms with Gasteiger partial charge in [0.15, 0.2) is 0 Å². The van der Waals surface area contributed by atoms with E-state index in [4.69, 9.17) is 9.47 Å². The first-order chi connectivity index (χ1) is 17.5. The zero-order valence-corrected chi connectivity index (χ0v) is 21.1. The van der Waals surface area contributed by atoms with E-state index in [0.717, 1.165) is 12.8 Å². The molecule has 0 spiro atoms. The molecule has 0 saturated carbocycles. The van der Waals surface area contributed by atoms with E-state index < -0.39 is 12.2 Å². The summed E-state index contributed by atoms with van der Waals surface area (Å²) in [6.45, 7) is 5.90. The van der Waals surface area contributed by atoms with E-state index >= 15 is 0 Å². The molecule has 2 N–H and O–H groups in total. The van der Waals surface area contributed by atoms with Crippen LogP contribution in [0.15, 0.2) is 72.8 Å². The van der Waals surface area contributed by atoms with E-state index in [-0.39, 0.29) is 13.2 Å². The molecule has 190 valence electrons.